The first-order valence-electron chi connectivity index (χ1n) is 5.40. The molecule has 2 rings (SSSR count). The first kappa shape index (κ1) is 11.1. The van der Waals surface area contributed by atoms with Crippen molar-refractivity contribution in [1.82, 2.24) is 14.8 Å². The van der Waals surface area contributed by atoms with Crippen molar-refractivity contribution in [1.29, 1.82) is 0 Å². The standard InChI is InChI=1S/C10H16N4O2/c1-10(11,9(15)16)4-5-14-6-12-8(13-14)7-2-3-7/h6-7H,2-5,11H2,1H3,(H,15,16). The normalized spacial score (nSPS) is 19.4. The van der Waals surface area contributed by atoms with Gasteiger partial charge in [0.1, 0.15) is 11.9 Å². The van der Waals surface area contributed by atoms with Crippen LogP contribution < -0.4 is 5.73 Å². The number of carboxylic acids is 1. The van der Waals surface area contributed by atoms with E-state index in [9.17, 15) is 4.79 Å². The highest BCUT2D eigenvalue weighted by molar-refractivity contribution is 5.77. The molecule has 3 N–H and O–H groups in total. The fraction of sp³-hybridized carbons (Fsp3) is 0.700. The first-order chi connectivity index (χ1) is 7.49. The van der Waals surface area contributed by atoms with Gasteiger partial charge in [0.25, 0.3) is 0 Å². The third kappa shape index (κ3) is 2.38. The lowest BCUT2D eigenvalue weighted by atomic mass is 10.0. The molecule has 0 aromatic carbocycles. The number of aryl methyl sites for hydroxylation is 1. The summed E-state index contributed by atoms with van der Waals surface area (Å²) in [6.07, 6.45) is 4.31. The molecule has 0 amide bonds. The number of nitrogens with two attached hydrogens (primary N) is 1. The maximum absolute atomic E-state index is 10.8. The second-order valence-electron chi connectivity index (χ2n) is 4.61. The molecule has 0 spiro atoms. The topological polar surface area (TPSA) is 94.0 Å². The number of nitrogens with zero attached hydrogens (tertiary/aromatic N) is 3. The van der Waals surface area contributed by atoms with Crippen molar-refractivity contribution >= 4 is 5.97 Å². The van der Waals surface area contributed by atoms with Crippen LogP contribution in [-0.2, 0) is 11.3 Å². The van der Waals surface area contributed by atoms with Gasteiger partial charge in [-0.3, -0.25) is 9.48 Å². The molecule has 0 radical (unpaired) electrons. The van der Waals surface area contributed by atoms with E-state index in [0.29, 0.717) is 18.9 Å². The number of aliphatic carboxylic acids is 1. The Bertz CT molecular complexity index is 395. The zero-order valence-corrected chi connectivity index (χ0v) is 9.26. The summed E-state index contributed by atoms with van der Waals surface area (Å²) < 4.78 is 1.67. The van der Waals surface area contributed by atoms with Crippen molar-refractivity contribution in [3.8, 4) is 0 Å². The van der Waals surface area contributed by atoms with Gasteiger partial charge in [-0.1, -0.05) is 0 Å². The smallest absolute Gasteiger partial charge is 0.323 e. The maximum atomic E-state index is 10.8. The lowest BCUT2D eigenvalue weighted by molar-refractivity contribution is -0.143. The van der Waals surface area contributed by atoms with E-state index in [1.54, 1.807) is 11.0 Å². The average molecular weight is 224 g/mol. The molecule has 1 heterocycles. The fourth-order valence-corrected chi connectivity index (χ4v) is 1.40. The minimum absolute atomic E-state index is 0.343. The Morgan fingerprint density at radius 1 is 1.75 bits per heavy atom. The van der Waals surface area contributed by atoms with Crippen LogP contribution in [0.3, 0.4) is 0 Å². The lowest BCUT2D eigenvalue weighted by Gasteiger charge is -2.18. The monoisotopic (exact) mass is 224 g/mol. The van der Waals surface area contributed by atoms with Crippen molar-refractivity contribution in [3.05, 3.63) is 12.2 Å². The number of carbonyl (C=O) groups is 1. The van der Waals surface area contributed by atoms with Crippen LogP contribution >= 0.6 is 0 Å². The molecule has 0 saturated heterocycles. The molecule has 1 atom stereocenters. The molecule has 1 aromatic heterocycles. The quantitative estimate of drug-likeness (QED) is 0.752. The van der Waals surface area contributed by atoms with Crippen molar-refractivity contribution in [3.63, 3.8) is 0 Å². The molecule has 1 fully saturated rings. The molecule has 6 heteroatoms. The molecule has 0 aliphatic heterocycles. The second-order valence-corrected chi connectivity index (χ2v) is 4.61. The molecular formula is C10H16N4O2. The minimum Gasteiger partial charge on any atom is -0.480 e. The van der Waals surface area contributed by atoms with Gasteiger partial charge < -0.3 is 10.8 Å². The van der Waals surface area contributed by atoms with Gasteiger partial charge in [0.05, 0.1) is 0 Å². The Morgan fingerprint density at radius 2 is 2.44 bits per heavy atom. The molecule has 16 heavy (non-hydrogen) atoms. The van der Waals surface area contributed by atoms with E-state index >= 15 is 0 Å². The summed E-state index contributed by atoms with van der Waals surface area (Å²) in [4.78, 5) is 15.0. The highest BCUT2D eigenvalue weighted by atomic mass is 16.4. The molecule has 1 unspecified atom stereocenters. The van der Waals surface area contributed by atoms with Crippen LogP contribution in [0.25, 0.3) is 0 Å². The molecule has 1 saturated carbocycles. The fourth-order valence-electron chi connectivity index (χ4n) is 1.40. The van der Waals surface area contributed by atoms with Gasteiger partial charge in [0.15, 0.2) is 5.82 Å². The zero-order valence-electron chi connectivity index (χ0n) is 9.26. The number of carboxylic acid groups (broad SMARTS) is 1. The van der Waals surface area contributed by atoms with Crippen LogP contribution in [0, 0.1) is 0 Å². The Labute approximate surface area is 93.5 Å². The highest BCUT2D eigenvalue weighted by Crippen LogP contribution is 2.37. The van der Waals surface area contributed by atoms with E-state index in [2.05, 4.69) is 10.1 Å². The van der Waals surface area contributed by atoms with Gasteiger partial charge in [-0.25, -0.2) is 4.98 Å². The van der Waals surface area contributed by atoms with Crippen molar-refractivity contribution < 1.29 is 9.90 Å². The Kier molecular flexibility index (Phi) is 2.67. The molecule has 6 nitrogen and oxygen atoms in total. The summed E-state index contributed by atoms with van der Waals surface area (Å²) >= 11 is 0. The molecule has 1 aliphatic carbocycles. The van der Waals surface area contributed by atoms with Gasteiger partial charge in [-0.05, 0) is 26.2 Å². The maximum Gasteiger partial charge on any atom is 0.323 e. The number of aromatic nitrogens is 3. The first-order valence-corrected chi connectivity index (χ1v) is 5.40. The average Bonchev–Trinajstić information content (AvgIpc) is 2.95. The largest absolute Gasteiger partial charge is 0.480 e. The van der Waals surface area contributed by atoms with E-state index in [-0.39, 0.29) is 0 Å². The molecular weight excluding hydrogens is 208 g/mol. The molecule has 1 aliphatic rings. The molecule has 1 aromatic rings. The zero-order chi connectivity index (χ0) is 11.8. The van der Waals surface area contributed by atoms with Crippen LogP contribution in [0.15, 0.2) is 6.33 Å². The Morgan fingerprint density at radius 3 is 3.00 bits per heavy atom. The third-order valence-corrected chi connectivity index (χ3v) is 2.85. The number of hydrogen-bond acceptors (Lipinski definition) is 4. The highest BCUT2D eigenvalue weighted by Gasteiger charge is 2.29. The molecule has 88 valence electrons. The van der Waals surface area contributed by atoms with Gasteiger partial charge in [-0.15, -0.1) is 0 Å². The summed E-state index contributed by atoms with van der Waals surface area (Å²) in [5, 5.41) is 13.1. The Balaban J connectivity index is 1.91. The van der Waals surface area contributed by atoms with Crippen LogP contribution in [0.2, 0.25) is 0 Å². The minimum atomic E-state index is -1.20. The van der Waals surface area contributed by atoms with Crippen LogP contribution in [0.5, 0.6) is 0 Å². The van der Waals surface area contributed by atoms with Crippen molar-refractivity contribution in [2.24, 2.45) is 5.73 Å². The Hall–Kier alpha value is -1.43. The predicted molar refractivity (Wildman–Crippen MR) is 56.8 cm³/mol. The van der Waals surface area contributed by atoms with E-state index < -0.39 is 11.5 Å². The number of hydrogen-bond donors (Lipinski definition) is 2. The van der Waals surface area contributed by atoms with E-state index in [1.165, 1.54) is 6.92 Å². The van der Waals surface area contributed by atoms with Gasteiger partial charge in [0.2, 0.25) is 0 Å². The SMILES string of the molecule is CC(N)(CCn1cnc(C2CC2)n1)C(=O)O. The predicted octanol–water partition coefficient (Wildman–Crippen LogP) is 0.348. The summed E-state index contributed by atoms with van der Waals surface area (Å²) in [5.41, 5.74) is 4.42. The molecule has 0 bridgehead atoms. The van der Waals surface area contributed by atoms with Gasteiger partial charge in [0, 0.05) is 12.5 Å². The van der Waals surface area contributed by atoms with Crippen LogP contribution in [-0.4, -0.2) is 31.4 Å². The van der Waals surface area contributed by atoms with E-state index in [1.807, 2.05) is 0 Å². The van der Waals surface area contributed by atoms with Crippen molar-refractivity contribution in [2.75, 3.05) is 0 Å². The summed E-state index contributed by atoms with van der Waals surface area (Å²) in [6, 6.07) is 0. The number of rotatable bonds is 5. The van der Waals surface area contributed by atoms with Gasteiger partial charge >= 0.3 is 5.97 Å². The summed E-state index contributed by atoms with van der Waals surface area (Å²) in [7, 11) is 0. The summed E-state index contributed by atoms with van der Waals surface area (Å²) in [6.45, 7) is 1.99. The second kappa shape index (κ2) is 3.86. The van der Waals surface area contributed by atoms with Crippen molar-refractivity contribution in [2.45, 2.75) is 44.2 Å². The summed E-state index contributed by atoms with van der Waals surface area (Å²) in [5.74, 6) is 0.397. The lowest BCUT2D eigenvalue weighted by Crippen LogP contribution is -2.45. The van der Waals surface area contributed by atoms with Crippen LogP contribution in [0.1, 0.15) is 37.9 Å². The third-order valence-electron chi connectivity index (χ3n) is 2.85. The van der Waals surface area contributed by atoms with Gasteiger partial charge in [-0.2, -0.15) is 5.10 Å². The van der Waals surface area contributed by atoms with E-state index in [0.717, 1.165) is 18.7 Å². The van der Waals surface area contributed by atoms with E-state index in [4.69, 9.17) is 10.8 Å². The van der Waals surface area contributed by atoms with Crippen LogP contribution in [0.4, 0.5) is 0 Å².